The lowest BCUT2D eigenvalue weighted by Gasteiger charge is -2.09. The number of aromatic nitrogens is 6. The quantitative estimate of drug-likeness (QED) is 0.658. The summed E-state index contributed by atoms with van der Waals surface area (Å²) in [4.78, 5) is 0. The third-order valence-corrected chi connectivity index (χ3v) is 6.41. The lowest BCUT2D eigenvalue weighted by molar-refractivity contribution is -0.146. The summed E-state index contributed by atoms with van der Waals surface area (Å²) in [5.74, 6) is -1.15. The van der Waals surface area contributed by atoms with Crippen LogP contribution in [0.15, 0.2) is 9.37 Å². The molecule has 1 saturated heterocycles. The van der Waals surface area contributed by atoms with Crippen LogP contribution in [0.1, 0.15) is 29.8 Å². The van der Waals surface area contributed by atoms with Crippen LogP contribution in [0.4, 0.5) is 18.3 Å². The molecule has 0 aromatic carbocycles. The molecule has 13 heteroatoms. The molecule has 1 unspecified atom stereocenters. The van der Waals surface area contributed by atoms with Gasteiger partial charge in [0.25, 0.3) is 5.82 Å². The standard InChI is InChI=1S/C15H16F3N7OS2/c1-7-8(2)11(24-25-10(7)20-21-12(25)15(16,17)18)27-14-23-22-13(28-14)19-6-9-4-3-5-26-9/h9H,3-6H2,1-2H3,(H,19,22). The number of ether oxygens (including phenoxy) is 1. The van der Waals surface area contributed by atoms with E-state index in [2.05, 4.69) is 30.8 Å². The predicted octanol–water partition coefficient (Wildman–Crippen LogP) is 3.35. The zero-order valence-corrected chi connectivity index (χ0v) is 16.6. The Morgan fingerprint density at radius 3 is 2.75 bits per heavy atom. The second-order valence-electron chi connectivity index (χ2n) is 6.30. The van der Waals surface area contributed by atoms with Gasteiger partial charge in [0.15, 0.2) is 9.99 Å². The molecule has 3 aromatic heterocycles. The smallest absolute Gasteiger partial charge is 0.376 e. The van der Waals surface area contributed by atoms with Gasteiger partial charge in [0.05, 0.1) is 6.10 Å². The molecule has 1 aliphatic rings. The van der Waals surface area contributed by atoms with Crippen LogP contribution < -0.4 is 5.32 Å². The average molecular weight is 431 g/mol. The number of halogens is 3. The first-order valence-electron chi connectivity index (χ1n) is 8.49. The highest BCUT2D eigenvalue weighted by atomic mass is 32.2. The van der Waals surface area contributed by atoms with Gasteiger partial charge in [0, 0.05) is 18.7 Å². The van der Waals surface area contributed by atoms with Gasteiger partial charge in [-0.05, 0) is 44.0 Å². The maximum absolute atomic E-state index is 13.1. The normalized spacial score (nSPS) is 17.5. The van der Waals surface area contributed by atoms with E-state index in [9.17, 15) is 13.2 Å². The number of hydrogen-bond donors (Lipinski definition) is 1. The summed E-state index contributed by atoms with van der Waals surface area (Å²) in [6.45, 7) is 4.90. The van der Waals surface area contributed by atoms with Crippen LogP contribution in [0.3, 0.4) is 0 Å². The summed E-state index contributed by atoms with van der Waals surface area (Å²) in [7, 11) is 0. The monoisotopic (exact) mass is 431 g/mol. The Kier molecular flexibility index (Phi) is 5.14. The fraction of sp³-hybridized carbons (Fsp3) is 0.533. The molecule has 8 nitrogen and oxygen atoms in total. The van der Waals surface area contributed by atoms with Gasteiger partial charge in [-0.1, -0.05) is 11.3 Å². The molecule has 1 aliphatic heterocycles. The summed E-state index contributed by atoms with van der Waals surface area (Å²) in [5, 5.41) is 23.4. The molecule has 0 aliphatic carbocycles. The highest BCUT2D eigenvalue weighted by Crippen LogP contribution is 2.35. The van der Waals surface area contributed by atoms with Crippen molar-refractivity contribution in [3.8, 4) is 0 Å². The Bertz CT molecular complexity index is 998. The second-order valence-corrected chi connectivity index (χ2v) is 8.52. The third-order valence-electron chi connectivity index (χ3n) is 4.40. The van der Waals surface area contributed by atoms with E-state index in [0.717, 1.165) is 41.3 Å². The molecular weight excluding hydrogens is 415 g/mol. The minimum Gasteiger partial charge on any atom is -0.376 e. The molecule has 0 bridgehead atoms. The number of rotatable bonds is 5. The Morgan fingerprint density at radius 1 is 1.21 bits per heavy atom. The lowest BCUT2D eigenvalue weighted by atomic mass is 10.2. The van der Waals surface area contributed by atoms with E-state index in [-0.39, 0.29) is 11.8 Å². The minimum atomic E-state index is -4.64. The van der Waals surface area contributed by atoms with Crippen LogP contribution in [-0.4, -0.2) is 49.3 Å². The second kappa shape index (κ2) is 7.44. The first-order valence-corrected chi connectivity index (χ1v) is 10.1. The fourth-order valence-electron chi connectivity index (χ4n) is 2.79. The molecule has 28 heavy (non-hydrogen) atoms. The lowest BCUT2D eigenvalue weighted by Crippen LogP contribution is -2.18. The van der Waals surface area contributed by atoms with E-state index in [0.29, 0.717) is 26.6 Å². The van der Waals surface area contributed by atoms with Crippen molar-refractivity contribution in [3.63, 3.8) is 0 Å². The molecule has 4 heterocycles. The van der Waals surface area contributed by atoms with E-state index in [4.69, 9.17) is 4.74 Å². The number of nitrogens with zero attached hydrogens (tertiary/aromatic N) is 6. The molecular formula is C15H16F3N7OS2. The van der Waals surface area contributed by atoms with Gasteiger partial charge in [-0.2, -0.15) is 22.8 Å². The number of aryl methyl sites for hydroxylation is 1. The molecule has 1 atom stereocenters. The zero-order chi connectivity index (χ0) is 19.9. The largest absolute Gasteiger partial charge is 0.453 e. The molecule has 3 aromatic rings. The van der Waals surface area contributed by atoms with Crippen molar-refractivity contribution >= 4 is 33.9 Å². The summed E-state index contributed by atoms with van der Waals surface area (Å²) < 4.78 is 46.3. The van der Waals surface area contributed by atoms with Crippen molar-refractivity contribution in [3.05, 3.63) is 17.0 Å². The van der Waals surface area contributed by atoms with E-state index < -0.39 is 12.0 Å². The molecule has 0 amide bonds. The van der Waals surface area contributed by atoms with Crippen LogP contribution in [0.5, 0.6) is 0 Å². The Hall–Kier alpha value is -1.99. The van der Waals surface area contributed by atoms with Crippen molar-refractivity contribution in [1.29, 1.82) is 0 Å². The van der Waals surface area contributed by atoms with Crippen LogP contribution in [0.25, 0.3) is 5.65 Å². The van der Waals surface area contributed by atoms with Crippen molar-refractivity contribution < 1.29 is 17.9 Å². The molecule has 0 spiro atoms. The van der Waals surface area contributed by atoms with Crippen LogP contribution in [-0.2, 0) is 10.9 Å². The van der Waals surface area contributed by atoms with E-state index >= 15 is 0 Å². The van der Waals surface area contributed by atoms with Crippen molar-refractivity contribution in [1.82, 2.24) is 30.0 Å². The van der Waals surface area contributed by atoms with Gasteiger partial charge in [0.2, 0.25) is 5.13 Å². The Balaban J connectivity index is 1.56. The zero-order valence-electron chi connectivity index (χ0n) is 14.9. The summed E-state index contributed by atoms with van der Waals surface area (Å²) in [6.07, 6.45) is -2.41. The SMILES string of the molecule is Cc1c(Sc2nnc(NCC3CCCO3)s2)nn2c(C(F)(F)F)nnc2c1C. The maximum Gasteiger partial charge on any atom is 0.453 e. The number of anilines is 1. The van der Waals surface area contributed by atoms with Crippen LogP contribution in [0, 0.1) is 13.8 Å². The first kappa shape index (κ1) is 19.3. The third kappa shape index (κ3) is 3.78. The summed E-state index contributed by atoms with van der Waals surface area (Å²) in [6, 6.07) is 0. The van der Waals surface area contributed by atoms with Gasteiger partial charge in [-0.25, -0.2) is 0 Å². The molecule has 0 radical (unpaired) electrons. The molecule has 4 rings (SSSR count). The van der Waals surface area contributed by atoms with Gasteiger partial charge in [-0.15, -0.1) is 20.4 Å². The highest BCUT2D eigenvalue weighted by molar-refractivity contribution is 8.01. The molecule has 1 N–H and O–H groups in total. The number of nitrogens with one attached hydrogen (secondary N) is 1. The molecule has 150 valence electrons. The minimum absolute atomic E-state index is 0.0883. The van der Waals surface area contributed by atoms with Gasteiger partial charge < -0.3 is 10.1 Å². The molecule has 0 saturated carbocycles. The van der Waals surface area contributed by atoms with Gasteiger partial charge in [0.1, 0.15) is 5.03 Å². The highest BCUT2D eigenvalue weighted by Gasteiger charge is 2.38. The topological polar surface area (TPSA) is 90.1 Å². The average Bonchev–Trinajstić information content (AvgIpc) is 3.37. The summed E-state index contributed by atoms with van der Waals surface area (Å²) in [5.41, 5.74) is 1.40. The predicted molar refractivity (Wildman–Crippen MR) is 96.8 cm³/mol. The number of hydrogen-bond acceptors (Lipinski definition) is 9. The molecule has 1 fully saturated rings. The van der Waals surface area contributed by atoms with E-state index in [1.807, 2.05) is 0 Å². The van der Waals surface area contributed by atoms with Crippen molar-refractivity contribution in [2.45, 2.75) is 48.3 Å². The number of fused-ring (bicyclic) bond motifs is 1. The van der Waals surface area contributed by atoms with Crippen molar-refractivity contribution in [2.24, 2.45) is 0 Å². The first-order chi connectivity index (χ1) is 13.3. The number of alkyl halides is 3. The Morgan fingerprint density at radius 2 is 2.04 bits per heavy atom. The Labute approximate surface area is 165 Å². The van der Waals surface area contributed by atoms with E-state index in [1.54, 1.807) is 13.8 Å². The van der Waals surface area contributed by atoms with Crippen LogP contribution >= 0.6 is 23.1 Å². The van der Waals surface area contributed by atoms with Crippen LogP contribution in [0.2, 0.25) is 0 Å². The fourth-order valence-corrected chi connectivity index (χ4v) is 4.59. The summed E-state index contributed by atoms with van der Waals surface area (Å²) >= 11 is 2.48. The van der Waals surface area contributed by atoms with Crippen molar-refractivity contribution in [2.75, 3.05) is 18.5 Å². The maximum atomic E-state index is 13.1. The van der Waals surface area contributed by atoms with E-state index in [1.165, 1.54) is 11.3 Å². The van der Waals surface area contributed by atoms with Gasteiger partial charge in [-0.3, -0.25) is 0 Å². The van der Waals surface area contributed by atoms with Gasteiger partial charge >= 0.3 is 6.18 Å².